The van der Waals surface area contributed by atoms with E-state index in [1.807, 2.05) is 5.48 Å². The van der Waals surface area contributed by atoms with Crippen LogP contribution in [0.1, 0.15) is 19.3 Å². The van der Waals surface area contributed by atoms with Crippen molar-refractivity contribution in [3.05, 3.63) is 0 Å². The summed E-state index contributed by atoms with van der Waals surface area (Å²) in [5.74, 6) is 1.20. The Bertz CT molecular complexity index is 149. The highest BCUT2D eigenvalue weighted by molar-refractivity contribution is 5.87. The summed E-state index contributed by atoms with van der Waals surface area (Å²) < 4.78 is 0. The van der Waals surface area contributed by atoms with Crippen molar-refractivity contribution in [2.24, 2.45) is 11.3 Å². The van der Waals surface area contributed by atoms with Gasteiger partial charge in [0.1, 0.15) is 5.84 Å². The second-order valence-corrected chi connectivity index (χ2v) is 3.25. The molecular formula is C6H10N2O. The highest BCUT2D eigenvalue weighted by atomic mass is 16.5. The van der Waals surface area contributed by atoms with Crippen LogP contribution in [0.2, 0.25) is 0 Å². The largest absolute Gasteiger partial charge is 0.290 e. The maximum Gasteiger partial charge on any atom is 0.124 e. The highest BCUT2D eigenvalue weighted by Crippen LogP contribution is 2.64. The Morgan fingerprint density at radius 3 is 2.22 bits per heavy atom. The van der Waals surface area contributed by atoms with Crippen LogP contribution in [0.5, 0.6) is 0 Å². The minimum absolute atomic E-state index is 0.0966. The molecule has 0 unspecified atom stereocenters. The first-order valence-corrected chi connectivity index (χ1v) is 3.26. The van der Waals surface area contributed by atoms with Gasteiger partial charge in [-0.15, -0.1) is 0 Å². The first kappa shape index (κ1) is 5.23. The van der Waals surface area contributed by atoms with E-state index < -0.39 is 0 Å². The van der Waals surface area contributed by atoms with E-state index in [1.54, 1.807) is 0 Å². The van der Waals surface area contributed by atoms with Crippen LogP contribution in [0, 0.1) is 16.7 Å². The molecule has 3 rings (SSSR count). The van der Waals surface area contributed by atoms with E-state index in [0.29, 0.717) is 5.84 Å². The Balaban J connectivity index is 2.05. The van der Waals surface area contributed by atoms with Gasteiger partial charge < -0.3 is 0 Å². The van der Waals surface area contributed by atoms with Crippen molar-refractivity contribution in [3.63, 3.8) is 0 Å². The van der Waals surface area contributed by atoms with Crippen molar-refractivity contribution in [2.45, 2.75) is 19.3 Å². The van der Waals surface area contributed by atoms with E-state index in [1.165, 1.54) is 0 Å². The predicted molar refractivity (Wildman–Crippen MR) is 32.4 cm³/mol. The summed E-state index contributed by atoms with van der Waals surface area (Å²) in [5, 5.41) is 15.7. The van der Waals surface area contributed by atoms with Gasteiger partial charge in [-0.05, 0) is 25.2 Å². The molecule has 2 bridgehead atoms. The van der Waals surface area contributed by atoms with Gasteiger partial charge in [0.2, 0.25) is 0 Å². The van der Waals surface area contributed by atoms with E-state index in [-0.39, 0.29) is 5.41 Å². The zero-order valence-electron chi connectivity index (χ0n) is 5.15. The van der Waals surface area contributed by atoms with Crippen molar-refractivity contribution >= 4 is 5.84 Å². The minimum atomic E-state index is 0.0966. The number of nitrogens with one attached hydrogen (secondary N) is 2. The Labute approximate surface area is 53.5 Å². The Morgan fingerprint density at radius 2 is 2.11 bits per heavy atom. The van der Waals surface area contributed by atoms with Gasteiger partial charge >= 0.3 is 0 Å². The van der Waals surface area contributed by atoms with Gasteiger partial charge in [0, 0.05) is 5.41 Å². The smallest absolute Gasteiger partial charge is 0.124 e. The first-order valence-electron chi connectivity index (χ1n) is 3.26. The molecule has 3 aliphatic rings. The fraction of sp³-hybridized carbons (Fsp3) is 0.833. The number of amidine groups is 1. The molecule has 9 heavy (non-hydrogen) atoms. The molecular weight excluding hydrogens is 116 g/mol. The quantitative estimate of drug-likeness (QED) is 0.276. The molecule has 0 spiro atoms. The second-order valence-electron chi connectivity index (χ2n) is 3.25. The molecule has 0 amide bonds. The lowest BCUT2D eigenvalue weighted by Gasteiger charge is -2.61. The summed E-state index contributed by atoms with van der Waals surface area (Å²) >= 11 is 0. The molecule has 3 N–H and O–H groups in total. The molecule has 3 fully saturated rings. The van der Waals surface area contributed by atoms with Gasteiger partial charge in [-0.1, -0.05) is 0 Å². The lowest BCUT2D eigenvalue weighted by molar-refractivity contribution is -0.0504. The SMILES string of the molecule is N=C(NO)C12CC(C1)C2. The third kappa shape index (κ3) is 0.435. The van der Waals surface area contributed by atoms with Crippen LogP contribution < -0.4 is 5.48 Å². The predicted octanol–water partition coefficient (Wildman–Crippen LogP) is 0.743. The lowest BCUT2D eigenvalue weighted by Crippen LogP contribution is -2.59. The van der Waals surface area contributed by atoms with Crippen molar-refractivity contribution in [2.75, 3.05) is 0 Å². The van der Waals surface area contributed by atoms with Crippen molar-refractivity contribution in [3.8, 4) is 0 Å². The Hall–Kier alpha value is -0.570. The second kappa shape index (κ2) is 1.29. The molecule has 3 nitrogen and oxygen atoms in total. The highest BCUT2D eigenvalue weighted by Gasteiger charge is 2.59. The fourth-order valence-corrected chi connectivity index (χ4v) is 1.90. The molecule has 0 saturated heterocycles. The van der Waals surface area contributed by atoms with Crippen LogP contribution >= 0.6 is 0 Å². The van der Waals surface area contributed by atoms with Crippen LogP contribution in [0.3, 0.4) is 0 Å². The van der Waals surface area contributed by atoms with Gasteiger partial charge in [0.05, 0.1) is 0 Å². The molecule has 0 aromatic carbocycles. The van der Waals surface area contributed by atoms with Gasteiger partial charge in [-0.2, -0.15) is 0 Å². The molecule has 0 radical (unpaired) electrons. The molecule has 0 heterocycles. The van der Waals surface area contributed by atoms with Crippen LogP contribution in [0.15, 0.2) is 0 Å². The van der Waals surface area contributed by atoms with E-state index in [9.17, 15) is 0 Å². The van der Waals surface area contributed by atoms with Gasteiger partial charge in [-0.3, -0.25) is 16.1 Å². The Kier molecular flexibility index (Phi) is 0.750. The summed E-state index contributed by atoms with van der Waals surface area (Å²) in [6.07, 6.45) is 3.37. The van der Waals surface area contributed by atoms with Crippen LogP contribution in [-0.4, -0.2) is 11.0 Å². The molecule has 3 heteroatoms. The maximum absolute atomic E-state index is 8.39. The zero-order valence-corrected chi connectivity index (χ0v) is 5.15. The van der Waals surface area contributed by atoms with E-state index >= 15 is 0 Å². The summed E-state index contributed by atoms with van der Waals surface area (Å²) in [7, 11) is 0. The molecule has 0 aromatic rings. The summed E-state index contributed by atoms with van der Waals surface area (Å²) in [6.45, 7) is 0. The van der Waals surface area contributed by atoms with Crippen molar-refractivity contribution < 1.29 is 5.21 Å². The number of hydrogen-bond donors (Lipinski definition) is 3. The maximum atomic E-state index is 8.39. The molecule has 3 aliphatic carbocycles. The normalized spacial score (nSPS) is 44.8. The summed E-state index contributed by atoms with van der Waals surface area (Å²) in [5.41, 5.74) is 2.03. The summed E-state index contributed by atoms with van der Waals surface area (Å²) in [6, 6.07) is 0. The Morgan fingerprint density at radius 1 is 1.56 bits per heavy atom. The standard InChI is InChI=1S/C6H10N2O/c7-5(8-9)6-1-4(2-6)3-6/h4,9H,1-3H2,(H2,7,8). The third-order valence-electron chi connectivity index (χ3n) is 2.68. The topological polar surface area (TPSA) is 56.1 Å². The zero-order chi connectivity index (χ0) is 6.48. The number of rotatable bonds is 1. The number of hydroxylamine groups is 1. The first-order chi connectivity index (χ1) is 4.27. The van der Waals surface area contributed by atoms with E-state index in [0.717, 1.165) is 25.2 Å². The van der Waals surface area contributed by atoms with Gasteiger partial charge in [-0.25, -0.2) is 0 Å². The van der Waals surface area contributed by atoms with Crippen LogP contribution in [0.25, 0.3) is 0 Å². The summed E-state index contributed by atoms with van der Waals surface area (Å²) in [4.78, 5) is 0. The molecule has 3 saturated carbocycles. The monoisotopic (exact) mass is 126 g/mol. The van der Waals surface area contributed by atoms with Crippen LogP contribution in [-0.2, 0) is 0 Å². The molecule has 0 aliphatic heterocycles. The average Bonchev–Trinajstić information content (AvgIpc) is 1.57. The molecule has 0 aromatic heterocycles. The fourth-order valence-electron chi connectivity index (χ4n) is 1.90. The third-order valence-corrected chi connectivity index (χ3v) is 2.68. The number of hydrogen-bond acceptors (Lipinski definition) is 2. The molecule has 50 valence electrons. The minimum Gasteiger partial charge on any atom is -0.290 e. The van der Waals surface area contributed by atoms with E-state index in [4.69, 9.17) is 10.6 Å². The van der Waals surface area contributed by atoms with Gasteiger partial charge in [0.25, 0.3) is 0 Å². The molecule has 0 atom stereocenters. The van der Waals surface area contributed by atoms with Crippen molar-refractivity contribution in [1.29, 1.82) is 5.41 Å². The van der Waals surface area contributed by atoms with E-state index in [2.05, 4.69) is 0 Å². The van der Waals surface area contributed by atoms with Gasteiger partial charge in [0.15, 0.2) is 0 Å². The lowest BCUT2D eigenvalue weighted by atomic mass is 9.44. The van der Waals surface area contributed by atoms with Crippen LogP contribution in [0.4, 0.5) is 0 Å². The average molecular weight is 126 g/mol. The van der Waals surface area contributed by atoms with Crippen molar-refractivity contribution in [1.82, 2.24) is 5.48 Å².